The molecule has 15 atom stereocenters. The van der Waals surface area contributed by atoms with Gasteiger partial charge in [-0.05, 0) is 56.7 Å². The Morgan fingerprint density at radius 1 is 0.709 bits per heavy atom. The van der Waals surface area contributed by atoms with Crippen LogP contribution in [-0.4, -0.2) is 163 Å². The van der Waals surface area contributed by atoms with Crippen molar-refractivity contribution in [3.05, 3.63) is 136 Å². The Bertz CT molecular complexity index is 5090. The summed E-state index contributed by atoms with van der Waals surface area (Å²) >= 11 is 6.62. The molecule has 0 saturated carbocycles. The third-order valence-electron chi connectivity index (χ3n) is 17.9. The van der Waals surface area contributed by atoms with E-state index in [1.54, 1.807) is 18.2 Å². The lowest BCUT2D eigenvalue weighted by Gasteiger charge is -2.45. The van der Waals surface area contributed by atoms with Gasteiger partial charge >= 0.3 is 48.1 Å². The van der Waals surface area contributed by atoms with Crippen molar-refractivity contribution < 1.29 is 99.0 Å². The highest BCUT2D eigenvalue weighted by Gasteiger charge is 2.60. The fourth-order valence-electron chi connectivity index (χ4n) is 13.3. The molecule has 10 heterocycles. The van der Waals surface area contributed by atoms with Crippen LogP contribution in [0.25, 0.3) is 33.0 Å². The Balaban J connectivity index is 1.10. The van der Waals surface area contributed by atoms with Crippen molar-refractivity contribution >= 4 is 98.3 Å². The Morgan fingerprint density at radius 3 is 1.99 bits per heavy atom. The molecule has 556 valence electrons. The van der Waals surface area contributed by atoms with Gasteiger partial charge in [0.1, 0.15) is 83.6 Å². The molecule has 12 rings (SSSR count). The number of methoxy groups -OCH3 is 1. The molecular weight excluding hydrogens is 1470 g/mol. The van der Waals surface area contributed by atoms with Crippen LogP contribution < -0.4 is 55.0 Å². The summed E-state index contributed by atoms with van der Waals surface area (Å²) in [5.74, 6) is -0.617. The Labute approximate surface area is 584 Å². The molecule has 0 spiro atoms. The van der Waals surface area contributed by atoms with Crippen LogP contribution in [0, 0.1) is 13.8 Å². The van der Waals surface area contributed by atoms with Crippen LogP contribution in [-0.2, 0) is 59.6 Å². The summed E-state index contributed by atoms with van der Waals surface area (Å²) < 4.78 is 123. The van der Waals surface area contributed by atoms with Gasteiger partial charge in [-0.1, -0.05) is 31.4 Å². The number of ether oxygens (including phenoxy) is 5. The second-order valence-electron chi connectivity index (χ2n) is 25.1. The number of benzene rings is 2. The number of nitrogens with one attached hydrogen (secondary N) is 3. The third kappa shape index (κ3) is 16.3. The molecule has 8 aromatic rings. The van der Waals surface area contributed by atoms with Crippen LogP contribution in [0.1, 0.15) is 101 Å². The van der Waals surface area contributed by atoms with E-state index >= 15 is 4.57 Å². The fraction of sp³-hybridized carbons (Fsp3) is 0.483. The van der Waals surface area contributed by atoms with Gasteiger partial charge in [-0.2, -0.15) is 9.29 Å². The quantitative estimate of drug-likeness (QED) is 0.0200. The van der Waals surface area contributed by atoms with Crippen molar-refractivity contribution in [3.63, 3.8) is 0 Å². The number of phosphoric ester groups is 2. The summed E-state index contributed by atoms with van der Waals surface area (Å²) in [6, 6.07) is 8.74. The van der Waals surface area contributed by atoms with Gasteiger partial charge in [0.2, 0.25) is 0 Å². The minimum Gasteiger partial charge on any atom is -0.496 e. The first kappa shape index (κ1) is 75.4. The number of nitrogen functional groups attached to an aromatic ring is 2. The van der Waals surface area contributed by atoms with Crippen molar-refractivity contribution in [1.82, 2.24) is 53.2 Å². The van der Waals surface area contributed by atoms with Crippen molar-refractivity contribution in [2.75, 3.05) is 37.0 Å². The number of phosphoric acid groups is 3. The number of hydrogen-bond acceptors (Lipinski definition) is 29. The molecule has 45 heteroatoms. The zero-order chi connectivity index (χ0) is 74.0. The Hall–Kier alpha value is -7.33. The van der Waals surface area contributed by atoms with E-state index in [0.717, 1.165) is 51.5 Å². The maximum absolute atomic E-state index is 18.0. The van der Waals surface area contributed by atoms with Gasteiger partial charge in [-0.3, -0.25) is 56.0 Å². The van der Waals surface area contributed by atoms with Gasteiger partial charge in [-0.15, -0.1) is 0 Å². The number of halogens is 1. The highest BCUT2D eigenvalue weighted by molar-refractivity contribution is 7.62. The second-order valence-corrected chi connectivity index (χ2v) is 31.4. The Kier molecular flexibility index (Phi) is 21.6. The number of nitrogens with two attached hydrogens (primary N) is 2. The number of nitrogens with zero attached hydrogens (tertiary/aromatic N) is 9. The molecule has 0 aliphatic carbocycles. The molecular formula is C58H71ClN14O26P4. The van der Waals surface area contributed by atoms with E-state index < -0.39 is 183 Å². The number of aliphatic hydroxyl groups is 2. The van der Waals surface area contributed by atoms with Crippen molar-refractivity contribution in [2.24, 2.45) is 0 Å². The first-order valence-corrected chi connectivity index (χ1v) is 38.3. The summed E-state index contributed by atoms with van der Waals surface area (Å²) in [6.07, 6.45) is -17.2. The minimum atomic E-state index is -5.90. The molecule has 4 aliphatic heterocycles. The molecule has 103 heavy (non-hydrogen) atoms. The number of pyridine rings is 1. The molecule has 14 N–H and O–H groups in total. The maximum Gasteiger partial charge on any atom is 0.481 e. The SMILES string of the molecule is CCCCCNc1c2ccc(Cl)cc2nc2cc(P(=O)(OC[C@H]3O[C@@H](n4ccc(N)nc4=O)C[C@@H]3OP(=O)(O)OP(=O)(O)O)OC(C[C@H]3O[C@@H](n4cc(C)c(=O)[nH]c4=O)C[C@@H]3OP(=O)(O)O)(C[C@H]3O[C@@H](n4cnc5c(N)ncnc54)C[C@@H]3O)[C@H]3O[C@@H](n4cc(C)c(=O)[nH]c4=O)C[C@@H]3O)c(OC)cc12. The van der Waals surface area contributed by atoms with Crippen LogP contribution in [0.3, 0.4) is 0 Å². The highest BCUT2D eigenvalue weighted by atomic mass is 35.5. The molecule has 0 bridgehead atoms. The molecule has 0 amide bonds. The van der Waals surface area contributed by atoms with Crippen LogP contribution in [0.5, 0.6) is 5.75 Å². The van der Waals surface area contributed by atoms with Gasteiger partial charge in [0.25, 0.3) is 11.1 Å². The van der Waals surface area contributed by atoms with E-state index in [1.165, 1.54) is 50.1 Å². The zero-order valence-electron chi connectivity index (χ0n) is 54.8. The first-order chi connectivity index (χ1) is 48.6. The van der Waals surface area contributed by atoms with Gasteiger partial charge in [-0.25, -0.2) is 48.0 Å². The predicted octanol–water partition coefficient (Wildman–Crippen LogP) is 2.95. The number of aromatic amines is 2. The maximum atomic E-state index is 18.0. The van der Waals surface area contributed by atoms with Crippen molar-refractivity contribution in [3.8, 4) is 5.75 Å². The largest absolute Gasteiger partial charge is 0.496 e. The van der Waals surface area contributed by atoms with Gasteiger partial charge in [0, 0.05) is 90.6 Å². The molecule has 0 radical (unpaired) electrons. The summed E-state index contributed by atoms with van der Waals surface area (Å²) in [6.45, 7) is 3.93. The number of aryl methyl sites for hydroxylation is 2. The number of anilines is 3. The number of unbranched alkanes of at least 4 members (excludes halogenated alkanes) is 2. The lowest BCUT2D eigenvalue weighted by Crippen LogP contribution is -2.55. The number of fused-ring (bicyclic) bond motifs is 3. The normalized spacial score (nSPS) is 25.7. The molecule has 3 unspecified atom stereocenters. The average Bonchev–Trinajstić information content (AvgIpc) is 1.65. The van der Waals surface area contributed by atoms with Crippen molar-refractivity contribution in [2.45, 2.75) is 158 Å². The number of H-pyrrole nitrogens is 2. The topological polar surface area (TPSA) is 567 Å². The molecule has 6 aromatic heterocycles. The first-order valence-electron chi connectivity index (χ1n) is 31.8. The second kappa shape index (κ2) is 29.5. The smallest absolute Gasteiger partial charge is 0.481 e. The lowest BCUT2D eigenvalue weighted by atomic mass is 9.80. The highest BCUT2D eigenvalue weighted by Crippen LogP contribution is 2.62. The lowest BCUT2D eigenvalue weighted by molar-refractivity contribution is -0.175. The molecule has 4 aliphatic rings. The average molecular weight is 1540 g/mol. The van der Waals surface area contributed by atoms with Crippen LogP contribution in [0.4, 0.5) is 17.3 Å². The summed E-state index contributed by atoms with van der Waals surface area (Å²) in [5, 5.41) is 29.6. The van der Waals surface area contributed by atoms with E-state index in [0.29, 0.717) is 29.4 Å². The summed E-state index contributed by atoms with van der Waals surface area (Å²) in [4.78, 5) is 144. The zero-order valence-corrected chi connectivity index (χ0v) is 59.1. The van der Waals surface area contributed by atoms with Crippen LogP contribution in [0.15, 0.2) is 91.6 Å². The van der Waals surface area contributed by atoms with E-state index in [2.05, 4.69) is 39.5 Å². The number of aliphatic hydroxyl groups excluding tert-OH is 2. The van der Waals surface area contributed by atoms with E-state index in [-0.39, 0.29) is 62.2 Å². The summed E-state index contributed by atoms with van der Waals surface area (Å²) in [7, 11) is -22.2. The number of rotatable bonds is 27. The van der Waals surface area contributed by atoms with E-state index in [1.807, 2.05) is 6.92 Å². The van der Waals surface area contributed by atoms with Gasteiger partial charge < -0.3 is 79.7 Å². The van der Waals surface area contributed by atoms with Gasteiger partial charge in [0.15, 0.2) is 11.5 Å². The van der Waals surface area contributed by atoms with E-state index in [4.69, 9.17) is 69.8 Å². The molecule has 2 aromatic carbocycles. The Morgan fingerprint density at radius 2 is 1.33 bits per heavy atom. The molecule has 4 saturated heterocycles. The predicted molar refractivity (Wildman–Crippen MR) is 361 cm³/mol. The molecule has 40 nitrogen and oxygen atoms in total. The van der Waals surface area contributed by atoms with Gasteiger partial charge in [0.05, 0.1) is 61.2 Å². The standard InChI is InChI=1S/C58H71ClN14O26P4/c1-5-6-7-11-62-48-30-9-8-29(59)13-32(30)66-33-15-42(38(90-4)14-31(33)48)100(81,91-24-41-37(97-103(88,89)99-102(85,86)87)19-46(94-41)70-12-10-43(60)67-55(70)78)98-58(50-35(75)17-44(95-50)71-22-27(2)53(76)68-56(71)79,20-39-34(74)16-45(92-39)73-26-65-49-51(61)63-25-64-52(49)73)21-40-36(96-101(82,83)84)18-47(93-40)72-23-28(3)54(77)69-57(72)80/h8-10,12-15,22-23,25-26,34-37,39-41,44-47,50,74-75H,5-7,11,16-21,24H2,1-4H3,(H,62,66)(H,88,89)(H2,60,67,78)(H2,61,63,64)(H,68,76,79)(H,69,77,80)(H2,82,83,84)(H2,85,86,87)/t34-,35-,36-,37-,39+,40+,41+,44+,45+,46+,47+,50-,58?,100?/m0/s1. The van der Waals surface area contributed by atoms with Crippen molar-refractivity contribution in [1.29, 1.82) is 0 Å². The fourth-order valence-corrected chi connectivity index (χ4v) is 17.9. The van der Waals surface area contributed by atoms with Crippen LogP contribution >= 0.6 is 42.7 Å². The molecule has 4 fully saturated rings. The van der Waals surface area contributed by atoms with Crippen LogP contribution in [0.2, 0.25) is 5.02 Å². The summed E-state index contributed by atoms with van der Waals surface area (Å²) in [5.41, 5.74) is 5.30. The monoisotopic (exact) mass is 1540 g/mol. The number of aromatic nitrogens is 11. The number of hydrogen-bond donors (Lipinski definition) is 12. The minimum absolute atomic E-state index is 0.0177. The number of imidazole rings is 1. The van der Waals surface area contributed by atoms with E-state index in [9.17, 15) is 72.3 Å². The third-order valence-corrected chi connectivity index (χ3v) is 22.9.